The molecule has 3 heterocycles. The predicted octanol–water partition coefficient (Wildman–Crippen LogP) is 3.08. The number of aromatic nitrogens is 2. The number of para-hydroxylation sites is 1. The van der Waals surface area contributed by atoms with E-state index in [0.29, 0.717) is 31.1 Å². The van der Waals surface area contributed by atoms with E-state index in [1.807, 2.05) is 41.9 Å². The van der Waals surface area contributed by atoms with Gasteiger partial charge in [-0.05, 0) is 37.6 Å². The normalized spacial score (nSPS) is 13.7. The molecule has 0 bridgehead atoms. The molecule has 1 N–H and O–H groups in total. The molecule has 0 aliphatic carbocycles. The summed E-state index contributed by atoms with van der Waals surface area (Å²) in [5.74, 6) is -0.0334. The van der Waals surface area contributed by atoms with Crippen molar-refractivity contribution in [3.05, 3.63) is 71.4 Å². The van der Waals surface area contributed by atoms with Crippen LogP contribution in [0.1, 0.15) is 38.7 Å². The number of hydrogen-bond donors (Lipinski definition) is 1. The number of anilines is 1. The van der Waals surface area contributed by atoms with Crippen LogP contribution >= 0.6 is 0 Å². The molecule has 1 aliphatic rings. The second-order valence-electron chi connectivity index (χ2n) is 6.58. The number of hydrogen-bond acceptors (Lipinski definition) is 4. The molecule has 7 heteroatoms. The molecule has 0 atom stereocenters. The van der Waals surface area contributed by atoms with Gasteiger partial charge in [-0.15, -0.1) is 0 Å². The Morgan fingerprint density at radius 3 is 2.70 bits per heavy atom. The fraction of sp³-hybridized carbons (Fsp3) is 0.250. The summed E-state index contributed by atoms with van der Waals surface area (Å²) in [7, 11) is 0. The molecule has 0 fully saturated rings. The van der Waals surface area contributed by atoms with Crippen LogP contribution in [0.5, 0.6) is 0 Å². The summed E-state index contributed by atoms with van der Waals surface area (Å²) in [6, 6.07) is 12.8. The first-order valence-corrected chi connectivity index (χ1v) is 8.88. The van der Waals surface area contributed by atoms with Crippen molar-refractivity contribution in [1.82, 2.24) is 14.7 Å². The first-order chi connectivity index (χ1) is 13.1. The van der Waals surface area contributed by atoms with Gasteiger partial charge in [0.05, 0.1) is 18.5 Å². The highest BCUT2D eigenvalue weighted by Gasteiger charge is 2.25. The summed E-state index contributed by atoms with van der Waals surface area (Å²) in [5, 5.41) is 7.26. The van der Waals surface area contributed by atoms with Crippen molar-refractivity contribution in [2.24, 2.45) is 0 Å². The Kier molecular flexibility index (Phi) is 4.50. The molecule has 2 aromatic heterocycles. The van der Waals surface area contributed by atoms with Gasteiger partial charge in [-0.1, -0.05) is 18.2 Å². The van der Waals surface area contributed by atoms with Crippen molar-refractivity contribution < 1.29 is 14.0 Å². The van der Waals surface area contributed by atoms with Crippen LogP contribution in [0.4, 0.5) is 5.69 Å². The second-order valence-corrected chi connectivity index (χ2v) is 6.58. The highest BCUT2D eigenvalue weighted by Crippen LogP contribution is 2.19. The standard InChI is InChI=1S/C20H20N4O3/c1-14-8-11-27-18(14)20(26)23-9-5-10-24-16(13-23)12-17(22-24)19(25)21-15-6-3-2-4-7-15/h2-4,6-8,11-12H,5,9-10,13H2,1H3,(H,21,25). The van der Waals surface area contributed by atoms with Crippen LogP contribution in [0.3, 0.4) is 0 Å². The van der Waals surface area contributed by atoms with E-state index in [1.165, 1.54) is 6.26 Å². The minimum absolute atomic E-state index is 0.137. The third kappa shape index (κ3) is 3.48. The van der Waals surface area contributed by atoms with Crippen molar-refractivity contribution >= 4 is 17.5 Å². The lowest BCUT2D eigenvalue weighted by Gasteiger charge is -2.18. The number of nitrogens with zero attached hydrogens (tertiary/aromatic N) is 3. The smallest absolute Gasteiger partial charge is 0.290 e. The van der Waals surface area contributed by atoms with Crippen LogP contribution in [0.25, 0.3) is 0 Å². The van der Waals surface area contributed by atoms with Gasteiger partial charge in [-0.2, -0.15) is 5.10 Å². The molecule has 0 saturated heterocycles. The zero-order valence-corrected chi connectivity index (χ0v) is 15.0. The van der Waals surface area contributed by atoms with Crippen molar-refractivity contribution in [2.75, 3.05) is 11.9 Å². The third-order valence-electron chi connectivity index (χ3n) is 4.62. The van der Waals surface area contributed by atoms with Gasteiger partial charge in [-0.3, -0.25) is 14.3 Å². The van der Waals surface area contributed by atoms with E-state index in [1.54, 1.807) is 17.0 Å². The lowest BCUT2D eigenvalue weighted by atomic mass is 10.2. The van der Waals surface area contributed by atoms with E-state index >= 15 is 0 Å². The highest BCUT2D eigenvalue weighted by atomic mass is 16.3. The van der Waals surface area contributed by atoms with E-state index < -0.39 is 0 Å². The fourth-order valence-electron chi connectivity index (χ4n) is 3.20. The number of fused-ring (bicyclic) bond motifs is 1. The average molecular weight is 364 g/mol. The maximum atomic E-state index is 12.7. The van der Waals surface area contributed by atoms with Gasteiger partial charge in [-0.25, -0.2) is 0 Å². The molecular weight excluding hydrogens is 344 g/mol. The summed E-state index contributed by atoms with van der Waals surface area (Å²) in [6.45, 7) is 3.53. The molecule has 0 unspecified atom stereocenters. The molecule has 0 saturated carbocycles. The maximum absolute atomic E-state index is 12.7. The lowest BCUT2D eigenvalue weighted by molar-refractivity contribution is 0.0712. The van der Waals surface area contributed by atoms with Gasteiger partial charge in [0.25, 0.3) is 11.8 Å². The summed E-state index contributed by atoms with van der Waals surface area (Å²) >= 11 is 0. The number of furan rings is 1. The topological polar surface area (TPSA) is 80.4 Å². The van der Waals surface area contributed by atoms with Gasteiger partial charge in [0.1, 0.15) is 0 Å². The summed E-state index contributed by atoms with van der Waals surface area (Å²) in [4.78, 5) is 27.0. The second kappa shape index (κ2) is 7.11. The largest absolute Gasteiger partial charge is 0.459 e. The van der Waals surface area contributed by atoms with E-state index in [4.69, 9.17) is 4.42 Å². The molecule has 138 valence electrons. The minimum atomic E-state index is -0.262. The zero-order chi connectivity index (χ0) is 18.8. The average Bonchev–Trinajstić information content (AvgIpc) is 3.22. The minimum Gasteiger partial charge on any atom is -0.459 e. The number of nitrogens with one attached hydrogen (secondary N) is 1. The molecule has 3 aromatic rings. The molecule has 1 aliphatic heterocycles. The quantitative estimate of drug-likeness (QED) is 0.774. The summed E-state index contributed by atoms with van der Waals surface area (Å²) < 4.78 is 7.15. The monoisotopic (exact) mass is 364 g/mol. The Morgan fingerprint density at radius 1 is 1.15 bits per heavy atom. The third-order valence-corrected chi connectivity index (χ3v) is 4.62. The molecule has 2 amide bonds. The number of aryl methyl sites for hydroxylation is 2. The van der Waals surface area contributed by atoms with E-state index in [2.05, 4.69) is 10.4 Å². The van der Waals surface area contributed by atoms with E-state index in [9.17, 15) is 9.59 Å². The van der Waals surface area contributed by atoms with Crippen molar-refractivity contribution in [2.45, 2.75) is 26.4 Å². The number of carbonyl (C=O) groups excluding carboxylic acids is 2. The van der Waals surface area contributed by atoms with Gasteiger partial charge >= 0.3 is 0 Å². The molecule has 7 nitrogen and oxygen atoms in total. The van der Waals surface area contributed by atoms with E-state index in [-0.39, 0.29) is 11.8 Å². The van der Waals surface area contributed by atoms with Gasteiger partial charge in [0.15, 0.2) is 11.5 Å². The zero-order valence-electron chi connectivity index (χ0n) is 15.0. The van der Waals surface area contributed by atoms with Gasteiger partial charge in [0, 0.05) is 24.3 Å². The molecule has 1 aromatic carbocycles. The SMILES string of the molecule is Cc1ccoc1C(=O)N1CCCn2nc(C(=O)Nc3ccccc3)cc2C1. The lowest BCUT2D eigenvalue weighted by Crippen LogP contribution is -2.30. The Morgan fingerprint density at radius 2 is 1.96 bits per heavy atom. The molecular formula is C20H20N4O3. The van der Waals surface area contributed by atoms with Crippen LogP contribution in [-0.2, 0) is 13.1 Å². The molecule has 0 radical (unpaired) electrons. The maximum Gasteiger partial charge on any atom is 0.290 e. The number of amides is 2. The van der Waals surface area contributed by atoms with Crippen LogP contribution in [0.15, 0.2) is 53.1 Å². The van der Waals surface area contributed by atoms with Crippen LogP contribution in [-0.4, -0.2) is 33.0 Å². The number of carbonyl (C=O) groups is 2. The van der Waals surface area contributed by atoms with Crippen molar-refractivity contribution in [1.29, 1.82) is 0 Å². The first-order valence-electron chi connectivity index (χ1n) is 8.88. The number of benzene rings is 1. The Balaban J connectivity index is 1.52. The van der Waals surface area contributed by atoms with Gasteiger partial charge in [0.2, 0.25) is 0 Å². The number of rotatable bonds is 3. The van der Waals surface area contributed by atoms with Crippen molar-refractivity contribution in [3.63, 3.8) is 0 Å². The molecule has 27 heavy (non-hydrogen) atoms. The summed E-state index contributed by atoms with van der Waals surface area (Å²) in [5.41, 5.74) is 2.72. The van der Waals surface area contributed by atoms with Crippen LogP contribution < -0.4 is 5.32 Å². The van der Waals surface area contributed by atoms with Gasteiger partial charge < -0.3 is 14.6 Å². The summed E-state index contributed by atoms with van der Waals surface area (Å²) in [6.07, 6.45) is 2.29. The predicted molar refractivity (Wildman–Crippen MR) is 99.4 cm³/mol. The first kappa shape index (κ1) is 17.1. The Labute approximate surface area is 156 Å². The molecule has 0 spiro atoms. The highest BCUT2D eigenvalue weighted by molar-refractivity contribution is 6.03. The van der Waals surface area contributed by atoms with E-state index in [0.717, 1.165) is 23.4 Å². The van der Waals surface area contributed by atoms with Crippen LogP contribution in [0.2, 0.25) is 0 Å². The van der Waals surface area contributed by atoms with Crippen molar-refractivity contribution in [3.8, 4) is 0 Å². The molecule has 4 rings (SSSR count). The Bertz CT molecular complexity index is 974. The fourth-order valence-corrected chi connectivity index (χ4v) is 3.20. The Hall–Kier alpha value is -3.35. The van der Waals surface area contributed by atoms with Crippen LogP contribution in [0, 0.1) is 6.92 Å².